The fourth-order valence-electron chi connectivity index (χ4n) is 22.5. The van der Waals surface area contributed by atoms with Crippen LogP contribution in [0.25, 0.3) is 0 Å². The third-order valence-corrected chi connectivity index (χ3v) is 25.0. The third-order valence-electron chi connectivity index (χ3n) is 24.7. The number of methoxy groups -OCH3 is 2. The van der Waals surface area contributed by atoms with Crippen LogP contribution in [0.5, 0.6) is 34.5 Å². The van der Waals surface area contributed by atoms with Gasteiger partial charge in [0.1, 0.15) is 34.6 Å². The van der Waals surface area contributed by atoms with Gasteiger partial charge in [0.05, 0.1) is 24.8 Å². The van der Waals surface area contributed by atoms with Crippen molar-refractivity contribution in [1.82, 2.24) is 21.3 Å². The van der Waals surface area contributed by atoms with Crippen LogP contribution >= 0.6 is 11.6 Å². The van der Waals surface area contributed by atoms with Crippen molar-refractivity contribution in [3.05, 3.63) is 104 Å². The molecule has 4 aromatic carbocycles. The van der Waals surface area contributed by atoms with Crippen LogP contribution in [-0.2, 0) is 26.2 Å². The number of halogens is 5. The van der Waals surface area contributed by atoms with E-state index in [1.807, 2.05) is 19.9 Å². The Morgan fingerprint density at radius 3 is 1.07 bits per heavy atom. The molecular weight excluding hydrogens is 1140 g/mol. The highest BCUT2D eigenvalue weighted by Gasteiger charge is 2.54. The lowest BCUT2D eigenvalue weighted by Crippen LogP contribution is -2.58. The molecule has 0 saturated heterocycles. The molecule has 4 aromatic rings. The zero-order chi connectivity index (χ0) is 61.6. The minimum Gasteiger partial charge on any atom is -0.508 e. The van der Waals surface area contributed by atoms with Gasteiger partial charge in [-0.05, 0) is 280 Å². The predicted molar refractivity (Wildman–Crippen MR) is 336 cm³/mol. The summed E-state index contributed by atoms with van der Waals surface area (Å²) in [6, 6.07) is 10.2. The number of hydrogen-bond donors (Lipinski definition) is 8. The van der Waals surface area contributed by atoms with Crippen LogP contribution in [0.2, 0.25) is 5.02 Å². The topological polar surface area (TPSA) is 148 Å². The standard InChI is InChI=1S/C19H27NO3.C18H24ClNO.C18H22F3NO.C18H24FNO/c1-22-17-6-15(21)7-18(23-2)16(17)11-20-19-8-12-3-13(9-19)5-14(4-12)10-19;1-11-2-15(6-16(19)17(11)21)10-20-18-7-12-3-13(8-18)5-14(4-12)9-18;1-9-13(15(20)16(21)17(23)14(9)19)8-22-18-5-10-2-11(6-18)4-12(3-10)7-18;1-11-2-15(21)6-17(19)16(11)10-20-18-7-12-3-13(8-18)5-14(4-12)9-18/h6-7,12-14,20-21H,3-5,8-11H2,1-2H3;2,6,12-14,20-21H,3-5,7-10H2,1H3;10-12,22-23H,2-8H2,1H3;2,6,12-14,20-21H,3-5,7-10H2,1H3. The number of phenolic OH excluding ortho intramolecular Hbond substituents is 4. The van der Waals surface area contributed by atoms with Gasteiger partial charge < -0.3 is 51.2 Å². The van der Waals surface area contributed by atoms with Crippen molar-refractivity contribution in [3.63, 3.8) is 0 Å². The SMILES string of the molecule is COc1cc(O)cc(OC)c1CNC12CC3CC(CC(C3)C1)C2.Cc1c(F)c(O)c(F)c(F)c1CNC12CC3CC(CC(C3)C1)C2.Cc1cc(CNC23CC4CC(CC(C4)C2)C3)cc(Cl)c1O.Cc1cc(O)cc(F)c1CNC12CC3CC(CC(C3)C1)C2. The Balaban J connectivity index is 0.000000108. The second-order valence-corrected chi connectivity index (χ2v) is 31.8. The number of rotatable bonds is 14. The Morgan fingerprint density at radius 1 is 0.398 bits per heavy atom. The van der Waals surface area contributed by atoms with Crippen molar-refractivity contribution < 1.29 is 47.5 Å². The normalized spacial score (nSPS) is 35.9. The Labute approximate surface area is 524 Å². The Kier molecular flexibility index (Phi) is 17.4. The average Bonchev–Trinajstić information content (AvgIpc) is 1.21. The van der Waals surface area contributed by atoms with Crippen molar-refractivity contribution in [2.75, 3.05) is 14.2 Å². The summed E-state index contributed by atoms with van der Waals surface area (Å²) in [5.41, 5.74) is 5.53. The second kappa shape index (κ2) is 24.5. The molecule has 0 aliphatic heterocycles. The van der Waals surface area contributed by atoms with E-state index in [4.69, 9.17) is 21.1 Å². The summed E-state index contributed by atoms with van der Waals surface area (Å²) < 4.78 is 66.6. The van der Waals surface area contributed by atoms with E-state index in [0.717, 1.165) is 120 Å². The van der Waals surface area contributed by atoms with E-state index in [0.29, 0.717) is 39.7 Å². The number of benzene rings is 4. The van der Waals surface area contributed by atoms with Gasteiger partial charge in [-0.2, -0.15) is 4.39 Å². The first-order chi connectivity index (χ1) is 42.0. The van der Waals surface area contributed by atoms with Crippen LogP contribution < -0.4 is 30.7 Å². The highest BCUT2D eigenvalue weighted by molar-refractivity contribution is 6.32. The fourth-order valence-corrected chi connectivity index (χ4v) is 22.8. The van der Waals surface area contributed by atoms with Gasteiger partial charge in [-0.25, -0.2) is 13.2 Å². The van der Waals surface area contributed by atoms with Crippen LogP contribution in [0.4, 0.5) is 17.6 Å². The largest absolute Gasteiger partial charge is 0.508 e. The molecule has 0 aromatic heterocycles. The van der Waals surface area contributed by atoms with Crippen LogP contribution in [0.15, 0.2) is 36.4 Å². The molecule has 16 aliphatic carbocycles. The molecule has 16 saturated carbocycles. The fraction of sp³-hybridized carbons (Fsp3) is 0.671. The first-order valence-corrected chi connectivity index (χ1v) is 34.2. The maximum atomic E-state index is 14.1. The van der Waals surface area contributed by atoms with Crippen molar-refractivity contribution in [3.8, 4) is 34.5 Å². The molecule has 0 radical (unpaired) electrons. The maximum Gasteiger partial charge on any atom is 0.203 e. The lowest BCUT2D eigenvalue weighted by molar-refractivity contribution is -0.0209. The minimum absolute atomic E-state index is 0.00152. The van der Waals surface area contributed by atoms with Gasteiger partial charge in [0.2, 0.25) is 5.82 Å². The van der Waals surface area contributed by atoms with Gasteiger partial charge in [0, 0.05) is 77.7 Å². The highest BCUT2D eigenvalue weighted by Crippen LogP contribution is 2.59. The summed E-state index contributed by atoms with van der Waals surface area (Å²) in [6.07, 6.45) is 32.1. The number of aryl methyl sites for hydroxylation is 2. The van der Waals surface area contributed by atoms with Crippen molar-refractivity contribution in [2.45, 2.75) is 223 Å². The van der Waals surface area contributed by atoms with Gasteiger partial charge in [0.15, 0.2) is 17.4 Å². The zero-order valence-electron chi connectivity index (χ0n) is 52.7. The van der Waals surface area contributed by atoms with E-state index in [2.05, 4.69) is 27.3 Å². The number of phenols is 4. The van der Waals surface area contributed by atoms with E-state index in [1.54, 1.807) is 32.4 Å². The Hall–Kier alpha value is -4.47. The van der Waals surface area contributed by atoms with E-state index in [9.17, 15) is 38.0 Å². The lowest BCUT2D eigenvalue weighted by Gasteiger charge is -2.57. The van der Waals surface area contributed by atoms with Gasteiger partial charge in [-0.1, -0.05) is 17.7 Å². The molecule has 20 rings (SSSR count). The highest BCUT2D eigenvalue weighted by atomic mass is 35.5. The summed E-state index contributed by atoms with van der Waals surface area (Å²) in [4.78, 5) is 0. The molecule has 16 bridgehead atoms. The molecule has 480 valence electrons. The van der Waals surface area contributed by atoms with Crippen LogP contribution in [-0.4, -0.2) is 56.8 Å². The quantitative estimate of drug-likeness (QED) is 0.0453. The first kappa shape index (κ1) is 62.3. The molecule has 0 unspecified atom stereocenters. The molecule has 0 amide bonds. The van der Waals surface area contributed by atoms with Crippen molar-refractivity contribution in [2.24, 2.45) is 71.0 Å². The monoisotopic (exact) mass is 1240 g/mol. The minimum atomic E-state index is -1.49. The van der Waals surface area contributed by atoms with E-state index in [-0.39, 0.29) is 51.8 Å². The zero-order valence-corrected chi connectivity index (χ0v) is 53.4. The molecular formula is C73H97ClF4N4O6. The molecule has 0 heterocycles. The number of aromatic hydroxyl groups is 4. The molecule has 16 fully saturated rings. The van der Waals surface area contributed by atoms with Gasteiger partial charge >= 0.3 is 0 Å². The summed E-state index contributed by atoms with van der Waals surface area (Å²) in [7, 11) is 3.28. The van der Waals surface area contributed by atoms with Gasteiger partial charge in [0.25, 0.3) is 0 Å². The molecule has 0 spiro atoms. The average molecular weight is 1240 g/mol. The van der Waals surface area contributed by atoms with Crippen molar-refractivity contribution >= 4 is 11.6 Å². The first-order valence-electron chi connectivity index (χ1n) is 33.8. The van der Waals surface area contributed by atoms with Crippen LogP contribution in [0.3, 0.4) is 0 Å². The Morgan fingerprint density at radius 2 is 0.727 bits per heavy atom. The van der Waals surface area contributed by atoms with Crippen molar-refractivity contribution in [1.29, 1.82) is 0 Å². The third kappa shape index (κ3) is 12.8. The molecule has 16 aliphatic rings. The Bertz CT molecular complexity index is 3000. The van der Waals surface area contributed by atoms with Crippen LogP contribution in [0.1, 0.15) is 193 Å². The molecule has 8 N–H and O–H groups in total. The van der Waals surface area contributed by atoms with Crippen LogP contribution in [0, 0.1) is 115 Å². The summed E-state index contributed by atoms with van der Waals surface area (Å²) in [5, 5.41) is 53.7. The summed E-state index contributed by atoms with van der Waals surface area (Å²) in [6.45, 7) is 7.47. The maximum absolute atomic E-state index is 14.1. The number of ether oxygens (including phenoxy) is 2. The molecule has 10 nitrogen and oxygen atoms in total. The molecule has 15 heteroatoms. The molecule has 88 heavy (non-hydrogen) atoms. The van der Waals surface area contributed by atoms with Gasteiger partial charge in [-0.3, -0.25) is 0 Å². The summed E-state index contributed by atoms with van der Waals surface area (Å²) >= 11 is 6.10. The molecule has 0 atom stereocenters. The summed E-state index contributed by atoms with van der Waals surface area (Å²) in [5.74, 6) is 7.20. The number of nitrogens with one attached hydrogen (secondary N) is 4. The second-order valence-electron chi connectivity index (χ2n) is 31.4. The predicted octanol–water partition coefficient (Wildman–Crippen LogP) is 16.0. The lowest BCUT2D eigenvalue weighted by atomic mass is 9.53. The smallest absolute Gasteiger partial charge is 0.203 e. The van der Waals surface area contributed by atoms with Gasteiger partial charge in [-0.15, -0.1) is 0 Å². The van der Waals surface area contributed by atoms with E-state index >= 15 is 0 Å². The number of hydrogen-bond acceptors (Lipinski definition) is 10. The van der Waals surface area contributed by atoms with E-state index in [1.165, 1.54) is 153 Å². The van der Waals surface area contributed by atoms with E-state index < -0.39 is 23.2 Å².